The molecule has 0 amide bonds. The third-order valence-electron chi connectivity index (χ3n) is 13.8. The Kier molecular flexibility index (Phi) is 9.07. The molecule has 0 spiro atoms. The molecular weight excluding hydrogens is 630 g/mol. The van der Waals surface area contributed by atoms with E-state index in [0.29, 0.717) is 61.2 Å². The number of alkyl halides is 1. The Morgan fingerprint density at radius 1 is 0.333 bits per heavy atom. The minimum atomic E-state index is 0. The maximum Gasteiger partial charge on any atom is 1.00 e. The molecule has 10 heteroatoms. The van der Waals surface area contributed by atoms with Crippen molar-refractivity contribution in [2.24, 2.45) is 47.3 Å². The van der Waals surface area contributed by atoms with Crippen molar-refractivity contribution >= 4 is 22.6 Å². The first kappa shape index (κ1) is 30.3. The van der Waals surface area contributed by atoms with Gasteiger partial charge in [0.2, 0.25) is 0 Å². The van der Waals surface area contributed by atoms with E-state index in [-0.39, 0.29) is 20.3 Å². The Morgan fingerprint density at radius 3 is 0.929 bits per heavy atom. The molecule has 9 rings (SSSR count). The number of halogens is 1. The van der Waals surface area contributed by atoms with Crippen molar-refractivity contribution in [1.29, 1.82) is 0 Å². The first-order valence-corrected chi connectivity index (χ1v) is 19.2. The van der Waals surface area contributed by atoms with Gasteiger partial charge in [0.05, 0.1) is 49.3 Å². The molecular formula is C32H56ILiN8. The quantitative estimate of drug-likeness (QED) is 0.104. The maximum absolute atomic E-state index is 4.29. The first-order valence-electron chi connectivity index (χ1n) is 17.9. The second-order valence-corrected chi connectivity index (χ2v) is 17.3. The molecule has 4 aliphatic carbocycles. The zero-order valence-electron chi connectivity index (χ0n) is 26.8. The summed E-state index contributed by atoms with van der Waals surface area (Å²) in [6.45, 7) is 0. The largest absolute Gasteiger partial charge is 1.00 e. The number of hydrogen-bond acceptors (Lipinski definition) is 8. The van der Waals surface area contributed by atoms with Crippen LogP contribution in [0.5, 0.6) is 0 Å². The minimum absolute atomic E-state index is 0. The third-order valence-corrected chi connectivity index (χ3v) is 15.3. The van der Waals surface area contributed by atoms with Crippen LogP contribution >= 0.6 is 22.6 Å². The summed E-state index contributed by atoms with van der Waals surface area (Å²) in [6, 6.07) is 0. The molecule has 17 unspecified atom stereocenters. The van der Waals surface area contributed by atoms with Crippen molar-refractivity contribution < 1.29 is 20.3 Å². The van der Waals surface area contributed by atoms with Crippen LogP contribution in [-0.2, 0) is 0 Å². The SMILES string of the molecule is IC1CCCC2C3NC4NC(NC5NC(NC6NC(NC(N3)C12)C1CCCCC61)C1CCCCC51)C1CCCCC41.[H-].[Li+]. The molecule has 0 aromatic rings. The van der Waals surface area contributed by atoms with Gasteiger partial charge in [-0.05, 0) is 92.8 Å². The topological polar surface area (TPSA) is 96.2 Å². The van der Waals surface area contributed by atoms with E-state index < -0.39 is 0 Å². The molecule has 9 aliphatic rings. The molecule has 4 saturated carbocycles. The molecule has 8 N–H and O–H groups in total. The smallest absolute Gasteiger partial charge is 1.00 e. The monoisotopic (exact) mass is 686 g/mol. The van der Waals surface area contributed by atoms with E-state index in [1.807, 2.05) is 0 Å². The maximum atomic E-state index is 4.29. The summed E-state index contributed by atoms with van der Waals surface area (Å²) < 4.78 is 0.749. The number of hydrogen-bond donors (Lipinski definition) is 8. The van der Waals surface area contributed by atoms with Gasteiger partial charge in [-0.3, -0.25) is 42.5 Å². The summed E-state index contributed by atoms with van der Waals surface area (Å²) in [7, 11) is 0. The zero-order valence-corrected chi connectivity index (χ0v) is 28.0. The van der Waals surface area contributed by atoms with Crippen LogP contribution in [0, 0.1) is 47.3 Å². The Labute approximate surface area is 280 Å². The van der Waals surface area contributed by atoms with Crippen molar-refractivity contribution in [2.45, 2.75) is 150 Å². The van der Waals surface area contributed by atoms with Gasteiger partial charge in [0.25, 0.3) is 0 Å². The van der Waals surface area contributed by atoms with E-state index >= 15 is 0 Å². The molecule has 8 nitrogen and oxygen atoms in total. The second kappa shape index (κ2) is 12.6. The molecule has 5 heterocycles. The van der Waals surface area contributed by atoms with Gasteiger partial charge in [0, 0.05) is 9.84 Å². The van der Waals surface area contributed by atoms with Gasteiger partial charge >= 0.3 is 18.9 Å². The number of nitrogens with one attached hydrogen (secondary N) is 8. The molecule has 5 saturated heterocycles. The van der Waals surface area contributed by atoms with Crippen molar-refractivity contribution in [3.8, 4) is 0 Å². The van der Waals surface area contributed by atoms with Crippen molar-refractivity contribution in [1.82, 2.24) is 42.5 Å². The molecule has 0 aromatic heterocycles. The standard InChI is InChI=1S/C32H55IN8.Li.H/c33-23-15-7-14-22-24(23)32-40-30-21-13-6-5-12-20(21)28(38-30)36-26-17-9-2-1-8-16(17)25(34-26)35-27-18-10-3-4-11-19(18)29(37-27)39-31(22)41-32;;/h16-32,34-41H,1-15H2;;/q;+1;-1. The fourth-order valence-electron chi connectivity index (χ4n) is 12.0. The summed E-state index contributed by atoms with van der Waals surface area (Å²) in [6.07, 6.45) is 24.0. The van der Waals surface area contributed by atoms with E-state index in [2.05, 4.69) is 65.1 Å². The first-order chi connectivity index (χ1) is 20.2. The van der Waals surface area contributed by atoms with E-state index in [9.17, 15) is 0 Å². The summed E-state index contributed by atoms with van der Waals surface area (Å²) in [5.41, 5.74) is 0. The Balaban J connectivity index is 0.00000150. The van der Waals surface area contributed by atoms with Gasteiger partial charge in [-0.2, -0.15) is 0 Å². The summed E-state index contributed by atoms with van der Waals surface area (Å²) >= 11 is 2.81. The van der Waals surface area contributed by atoms with Crippen LogP contribution in [-0.4, -0.2) is 53.3 Å². The average Bonchev–Trinajstić information content (AvgIpc) is 3.73. The summed E-state index contributed by atoms with van der Waals surface area (Å²) in [5.74, 6) is 5.85. The number of fused-ring (bicyclic) bond motifs is 20. The van der Waals surface area contributed by atoms with E-state index in [0.717, 1.165) is 39.4 Å². The van der Waals surface area contributed by atoms with Crippen LogP contribution in [0.1, 0.15) is 97.7 Å². The van der Waals surface area contributed by atoms with Crippen LogP contribution in [0.25, 0.3) is 0 Å². The van der Waals surface area contributed by atoms with E-state index in [1.165, 1.54) is 96.3 Å². The van der Waals surface area contributed by atoms with Gasteiger partial charge in [-0.1, -0.05) is 67.5 Å². The Morgan fingerprint density at radius 2 is 0.595 bits per heavy atom. The van der Waals surface area contributed by atoms with Crippen LogP contribution in [0.2, 0.25) is 0 Å². The molecule has 8 bridgehead atoms. The Bertz CT molecular complexity index is 966. The number of rotatable bonds is 0. The van der Waals surface area contributed by atoms with Crippen LogP contribution in [0.15, 0.2) is 0 Å². The molecule has 0 radical (unpaired) electrons. The molecule has 9 fully saturated rings. The molecule has 5 aliphatic heterocycles. The van der Waals surface area contributed by atoms with Gasteiger partial charge < -0.3 is 1.43 Å². The van der Waals surface area contributed by atoms with Crippen LogP contribution in [0.4, 0.5) is 0 Å². The Hall–Kier alpha value is 1.01. The van der Waals surface area contributed by atoms with Crippen molar-refractivity contribution in [3.63, 3.8) is 0 Å². The summed E-state index contributed by atoms with van der Waals surface area (Å²) in [5, 5.41) is 33.9. The van der Waals surface area contributed by atoms with Crippen LogP contribution in [0.3, 0.4) is 0 Å². The van der Waals surface area contributed by atoms with E-state index in [4.69, 9.17) is 0 Å². The predicted molar refractivity (Wildman–Crippen MR) is 171 cm³/mol. The minimum Gasteiger partial charge on any atom is -1.00 e. The fraction of sp³-hybridized carbons (Fsp3) is 1.00. The van der Waals surface area contributed by atoms with Crippen molar-refractivity contribution in [2.75, 3.05) is 0 Å². The molecule has 17 atom stereocenters. The third kappa shape index (κ3) is 5.23. The fourth-order valence-corrected chi connectivity index (χ4v) is 13.4. The van der Waals surface area contributed by atoms with Gasteiger partial charge in [0.15, 0.2) is 0 Å². The second-order valence-electron chi connectivity index (χ2n) is 15.7. The summed E-state index contributed by atoms with van der Waals surface area (Å²) in [4.78, 5) is 0. The van der Waals surface area contributed by atoms with Gasteiger partial charge in [0.1, 0.15) is 0 Å². The predicted octanol–water partition coefficient (Wildman–Crippen LogP) is 0.136. The van der Waals surface area contributed by atoms with Gasteiger partial charge in [-0.15, -0.1) is 0 Å². The zero-order chi connectivity index (χ0) is 27.1. The molecule has 232 valence electrons. The van der Waals surface area contributed by atoms with E-state index in [1.54, 1.807) is 0 Å². The molecule has 0 aromatic carbocycles. The average molecular weight is 687 g/mol. The van der Waals surface area contributed by atoms with Gasteiger partial charge in [-0.25, -0.2) is 0 Å². The van der Waals surface area contributed by atoms with Crippen molar-refractivity contribution in [3.05, 3.63) is 0 Å². The molecule has 42 heavy (non-hydrogen) atoms. The normalized spacial score (nSPS) is 56.9. The van der Waals surface area contributed by atoms with Crippen LogP contribution < -0.4 is 61.4 Å².